The lowest BCUT2D eigenvalue weighted by Crippen LogP contribution is -2.21. The van der Waals surface area contributed by atoms with Crippen molar-refractivity contribution in [3.8, 4) is 11.5 Å². The molecule has 4 aromatic rings. The first-order valence-electron chi connectivity index (χ1n) is 12.5. The lowest BCUT2D eigenvalue weighted by molar-refractivity contribution is -0.118. The van der Waals surface area contributed by atoms with Crippen LogP contribution in [0.25, 0.3) is 10.9 Å². The number of H-pyrrole nitrogens is 1. The molecule has 1 aliphatic heterocycles. The summed E-state index contributed by atoms with van der Waals surface area (Å²) in [5.41, 5.74) is 2.50. The molecule has 0 radical (unpaired) electrons. The number of carbonyl (C=O) groups is 1. The van der Waals surface area contributed by atoms with Crippen molar-refractivity contribution in [3.63, 3.8) is 0 Å². The highest BCUT2D eigenvalue weighted by Crippen LogP contribution is 2.65. The molecule has 2 aliphatic rings. The number of hydrogen-bond acceptors (Lipinski definition) is 7. The third-order valence-corrected chi connectivity index (χ3v) is 6.61. The van der Waals surface area contributed by atoms with Crippen LogP contribution in [0.1, 0.15) is 40.3 Å². The predicted molar refractivity (Wildman–Crippen MR) is 128 cm³/mol. The predicted octanol–water partition coefficient (Wildman–Crippen LogP) is 4.19. The second-order valence-electron chi connectivity index (χ2n) is 8.56. The van der Waals surface area contributed by atoms with Gasteiger partial charge in [0.1, 0.15) is 11.6 Å². The van der Waals surface area contributed by atoms with Crippen LogP contribution in [0.15, 0.2) is 42.6 Å². The number of amides is 1. The van der Waals surface area contributed by atoms with E-state index in [2.05, 4.69) is 30.8 Å². The number of aryl methyl sites for hydroxylation is 1. The van der Waals surface area contributed by atoms with E-state index in [4.69, 9.17) is 13.6 Å². The van der Waals surface area contributed by atoms with Gasteiger partial charge in [0.05, 0.1) is 34.9 Å². The van der Waals surface area contributed by atoms with Gasteiger partial charge in [0.25, 0.3) is 0 Å². The fraction of sp³-hybridized carbons (Fsp3) is 0.280. The van der Waals surface area contributed by atoms with Crippen molar-refractivity contribution in [2.24, 2.45) is 0 Å². The molecular weight excluding hydrogens is 432 g/mol. The van der Waals surface area contributed by atoms with E-state index in [-0.39, 0.29) is 17.6 Å². The lowest BCUT2D eigenvalue weighted by atomic mass is 9.91. The third kappa shape index (κ3) is 3.00. The standard InChI is InChI=1S/C25H24N6O3/c1-4-34-21-12-26-13(2)27-23(21)29-22-16-7-5-14(9-20(16)30-31-22)18-11-25(18)17-10-15(33-3)6-8-19(17)28-24(25)32/h5-10,12,18H,4,11H2,1-3H3,(H,28,32)(H2,26,27,29,30,31)/t18-,25-/m0/s1/i3D3. The molecule has 172 valence electrons. The molecule has 1 aliphatic carbocycles. The average molecular weight is 460 g/mol. The molecule has 3 N–H and O–H groups in total. The summed E-state index contributed by atoms with van der Waals surface area (Å²) in [5, 5.41) is 14.5. The Morgan fingerprint density at radius 2 is 2.18 bits per heavy atom. The van der Waals surface area contributed by atoms with Crippen LogP contribution in [0.4, 0.5) is 17.3 Å². The van der Waals surface area contributed by atoms with Crippen molar-refractivity contribution in [2.75, 3.05) is 24.3 Å². The van der Waals surface area contributed by atoms with E-state index in [1.807, 2.05) is 25.1 Å². The largest absolute Gasteiger partial charge is 0.497 e. The van der Waals surface area contributed by atoms with E-state index < -0.39 is 12.5 Å². The molecule has 6 rings (SSSR count). The molecule has 0 bridgehead atoms. The fourth-order valence-electron chi connectivity index (χ4n) is 4.91. The zero-order chi connectivity index (χ0) is 25.9. The van der Waals surface area contributed by atoms with Gasteiger partial charge in [-0.3, -0.25) is 9.89 Å². The Labute approximate surface area is 200 Å². The van der Waals surface area contributed by atoms with Crippen molar-refractivity contribution in [1.29, 1.82) is 0 Å². The molecule has 2 atom stereocenters. The Morgan fingerprint density at radius 1 is 1.26 bits per heavy atom. The summed E-state index contributed by atoms with van der Waals surface area (Å²) in [4.78, 5) is 21.7. The second-order valence-corrected chi connectivity index (χ2v) is 8.56. The number of benzene rings is 2. The van der Waals surface area contributed by atoms with Gasteiger partial charge in [-0.1, -0.05) is 6.07 Å². The number of aromatic nitrogens is 4. The van der Waals surface area contributed by atoms with Crippen LogP contribution in [0, 0.1) is 6.92 Å². The minimum atomic E-state index is -2.56. The Balaban J connectivity index is 1.30. The van der Waals surface area contributed by atoms with Gasteiger partial charge in [-0.25, -0.2) is 9.97 Å². The summed E-state index contributed by atoms with van der Waals surface area (Å²) < 4.78 is 32.9. The molecule has 1 spiro atoms. The number of nitrogens with zero attached hydrogens (tertiary/aromatic N) is 3. The number of methoxy groups -OCH3 is 1. The lowest BCUT2D eigenvalue weighted by Gasteiger charge is -2.11. The van der Waals surface area contributed by atoms with Crippen LogP contribution in [0.5, 0.6) is 11.5 Å². The smallest absolute Gasteiger partial charge is 0.235 e. The normalized spacial score (nSPS) is 22.0. The van der Waals surface area contributed by atoms with Crippen LogP contribution in [-0.4, -0.2) is 39.7 Å². The van der Waals surface area contributed by atoms with Gasteiger partial charge in [0.2, 0.25) is 5.91 Å². The number of ether oxygens (including phenoxy) is 2. The molecule has 9 heteroatoms. The van der Waals surface area contributed by atoms with Crippen molar-refractivity contribution < 1.29 is 18.4 Å². The molecule has 1 amide bonds. The molecule has 9 nitrogen and oxygen atoms in total. The number of anilines is 3. The average Bonchev–Trinajstić information content (AvgIpc) is 3.39. The van der Waals surface area contributed by atoms with E-state index >= 15 is 0 Å². The minimum Gasteiger partial charge on any atom is -0.497 e. The number of rotatable bonds is 6. The molecule has 34 heavy (non-hydrogen) atoms. The highest BCUT2D eigenvalue weighted by molar-refractivity contribution is 6.10. The van der Waals surface area contributed by atoms with E-state index in [1.165, 1.54) is 0 Å². The molecule has 3 heterocycles. The summed E-state index contributed by atoms with van der Waals surface area (Å²) in [7, 11) is -2.56. The van der Waals surface area contributed by atoms with Crippen LogP contribution in [0.2, 0.25) is 0 Å². The van der Waals surface area contributed by atoms with E-state index in [0.29, 0.717) is 41.9 Å². The van der Waals surface area contributed by atoms with Crippen molar-refractivity contribution in [2.45, 2.75) is 31.6 Å². The Morgan fingerprint density at radius 3 is 3.03 bits per heavy atom. The van der Waals surface area contributed by atoms with Crippen molar-refractivity contribution in [3.05, 3.63) is 59.5 Å². The van der Waals surface area contributed by atoms with Crippen LogP contribution in [0.3, 0.4) is 0 Å². The van der Waals surface area contributed by atoms with Crippen molar-refractivity contribution in [1.82, 2.24) is 20.2 Å². The summed E-state index contributed by atoms with van der Waals surface area (Å²) in [6.07, 6.45) is 2.25. The molecule has 0 saturated heterocycles. The maximum atomic E-state index is 13.1. The minimum absolute atomic E-state index is 0.0602. The third-order valence-electron chi connectivity index (χ3n) is 6.61. The molecular formula is C25H24N6O3. The quantitative estimate of drug-likeness (QED) is 0.396. The first-order valence-corrected chi connectivity index (χ1v) is 11.0. The van der Waals surface area contributed by atoms with Gasteiger partial charge in [-0.15, -0.1) is 0 Å². The summed E-state index contributed by atoms with van der Waals surface area (Å²) in [6, 6.07) is 10.9. The topological polar surface area (TPSA) is 114 Å². The van der Waals surface area contributed by atoms with E-state index in [0.717, 1.165) is 22.0 Å². The van der Waals surface area contributed by atoms with Crippen molar-refractivity contribution >= 4 is 34.1 Å². The van der Waals surface area contributed by atoms with Crippen LogP contribution >= 0.6 is 0 Å². The van der Waals surface area contributed by atoms with Gasteiger partial charge < -0.3 is 20.1 Å². The highest BCUT2D eigenvalue weighted by Gasteiger charge is 2.65. The van der Waals surface area contributed by atoms with E-state index in [9.17, 15) is 4.79 Å². The zero-order valence-electron chi connectivity index (χ0n) is 21.6. The van der Waals surface area contributed by atoms with Crippen LogP contribution < -0.4 is 20.1 Å². The van der Waals surface area contributed by atoms with Gasteiger partial charge in [-0.2, -0.15) is 5.10 Å². The maximum absolute atomic E-state index is 13.1. The summed E-state index contributed by atoms with van der Waals surface area (Å²) in [5.74, 6) is 2.33. The molecule has 2 aromatic heterocycles. The molecule has 1 saturated carbocycles. The highest BCUT2D eigenvalue weighted by atomic mass is 16.5. The number of hydrogen-bond donors (Lipinski definition) is 3. The van der Waals surface area contributed by atoms with Gasteiger partial charge in [0.15, 0.2) is 17.4 Å². The van der Waals surface area contributed by atoms with E-state index in [1.54, 1.807) is 31.3 Å². The number of fused-ring (bicyclic) bond motifs is 3. The summed E-state index contributed by atoms with van der Waals surface area (Å²) >= 11 is 0. The Kier molecular flexibility index (Phi) is 3.80. The first-order chi connectivity index (χ1) is 17.7. The Bertz CT molecular complexity index is 1550. The number of aromatic amines is 1. The van der Waals surface area contributed by atoms with Gasteiger partial charge >= 0.3 is 0 Å². The second kappa shape index (κ2) is 7.44. The van der Waals surface area contributed by atoms with Gasteiger partial charge in [-0.05, 0) is 61.7 Å². The SMILES string of the molecule is [2H]C([2H])([2H])Oc1ccc2c(c1)[C@]1(C[C@H]1c1ccc3c(Nc4nc(C)ncc4OCC)n[nH]c3c1)C(=O)N2. The Hall–Kier alpha value is -4.14. The molecule has 1 fully saturated rings. The fourth-order valence-corrected chi connectivity index (χ4v) is 4.91. The van der Waals surface area contributed by atoms with Crippen LogP contribution in [-0.2, 0) is 10.2 Å². The maximum Gasteiger partial charge on any atom is 0.235 e. The number of nitrogens with one attached hydrogen (secondary N) is 3. The number of carbonyl (C=O) groups excluding carboxylic acids is 1. The summed E-state index contributed by atoms with van der Waals surface area (Å²) in [6.45, 7) is 4.18. The zero-order valence-corrected chi connectivity index (χ0v) is 18.6. The molecule has 0 unspecified atom stereocenters. The first kappa shape index (κ1) is 17.4. The van der Waals surface area contributed by atoms with Gasteiger partial charge in [0, 0.05) is 17.0 Å². The molecule has 2 aromatic carbocycles. The monoisotopic (exact) mass is 459 g/mol.